The summed E-state index contributed by atoms with van der Waals surface area (Å²) in [6.45, 7) is 0. The zero-order valence-corrected chi connectivity index (χ0v) is 9.24. The van der Waals surface area contributed by atoms with Crippen LogP contribution in [0.4, 0.5) is 10.1 Å². The van der Waals surface area contributed by atoms with Gasteiger partial charge in [-0.1, -0.05) is 0 Å². The number of nitrogens with zero attached hydrogens (tertiary/aromatic N) is 3. The number of nitrogens with one attached hydrogen (secondary N) is 2. The fourth-order valence-corrected chi connectivity index (χ4v) is 1.17. The van der Waals surface area contributed by atoms with E-state index in [0.717, 1.165) is 6.07 Å². The summed E-state index contributed by atoms with van der Waals surface area (Å²) in [6.07, 6.45) is 0.0635. The van der Waals surface area contributed by atoms with Gasteiger partial charge in [0.1, 0.15) is 11.9 Å². The quantitative estimate of drug-likeness (QED) is 0.417. The van der Waals surface area contributed by atoms with Crippen molar-refractivity contribution in [1.29, 1.82) is 15.9 Å². The summed E-state index contributed by atoms with van der Waals surface area (Å²) in [6, 6.07) is 7.42. The number of halogens is 1. The van der Waals surface area contributed by atoms with Gasteiger partial charge in [0.25, 0.3) is 0 Å². The van der Waals surface area contributed by atoms with Crippen LogP contribution in [0.1, 0.15) is 5.56 Å². The first-order valence-corrected chi connectivity index (χ1v) is 4.81. The Morgan fingerprint density at radius 3 is 2.72 bits per heavy atom. The lowest BCUT2D eigenvalue weighted by Crippen LogP contribution is -2.21. The minimum absolute atomic E-state index is 0.0635. The van der Waals surface area contributed by atoms with Crippen molar-refractivity contribution in [2.75, 3.05) is 5.43 Å². The molecule has 0 saturated carbocycles. The molecule has 0 bridgehead atoms. The summed E-state index contributed by atoms with van der Waals surface area (Å²) >= 11 is 0. The third kappa shape index (κ3) is 3.58. The van der Waals surface area contributed by atoms with E-state index < -0.39 is 11.7 Å². The van der Waals surface area contributed by atoms with E-state index in [0.29, 0.717) is 5.56 Å². The van der Waals surface area contributed by atoms with Gasteiger partial charge in [-0.25, -0.2) is 4.39 Å². The second-order valence-electron chi connectivity index (χ2n) is 3.28. The standard InChI is InChI=1S/C11H9FN6/c12-8-3-7(1-2-13)4-9(5-8)17-18-10(6-14)11(15)16/h3-5,17H,1H2,(H3,15,16)/b18-10+. The van der Waals surface area contributed by atoms with Crippen LogP contribution in [0.25, 0.3) is 0 Å². The van der Waals surface area contributed by atoms with Crippen molar-refractivity contribution in [2.45, 2.75) is 6.42 Å². The van der Waals surface area contributed by atoms with Gasteiger partial charge in [-0.2, -0.15) is 15.6 Å². The van der Waals surface area contributed by atoms with E-state index >= 15 is 0 Å². The molecular formula is C11H9FN6. The molecule has 6 nitrogen and oxygen atoms in total. The van der Waals surface area contributed by atoms with Gasteiger partial charge in [0.2, 0.25) is 5.71 Å². The second-order valence-corrected chi connectivity index (χ2v) is 3.28. The Kier molecular flexibility index (Phi) is 4.35. The summed E-state index contributed by atoms with van der Waals surface area (Å²) in [7, 11) is 0. The maximum absolute atomic E-state index is 13.2. The molecular weight excluding hydrogens is 235 g/mol. The van der Waals surface area contributed by atoms with Crippen LogP contribution in [0.15, 0.2) is 23.3 Å². The molecule has 0 saturated heterocycles. The van der Waals surface area contributed by atoms with Crippen LogP contribution in [0, 0.1) is 33.9 Å². The molecule has 0 aliphatic heterocycles. The van der Waals surface area contributed by atoms with Crippen LogP contribution in [0.3, 0.4) is 0 Å². The molecule has 1 aromatic carbocycles. The summed E-state index contributed by atoms with van der Waals surface area (Å²) in [5.74, 6) is -1.01. The third-order valence-electron chi connectivity index (χ3n) is 1.90. The van der Waals surface area contributed by atoms with Crippen molar-refractivity contribution < 1.29 is 4.39 Å². The van der Waals surface area contributed by atoms with Crippen molar-refractivity contribution >= 4 is 17.2 Å². The van der Waals surface area contributed by atoms with Crippen LogP contribution in [0.5, 0.6) is 0 Å². The van der Waals surface area contributed by atoms with Crippen molar-refractivity contribution in [3.8, 4) is 12.1 Å². The topological polar surface area (TPSA) is 122 Å². The summed E-state index contributed by atoms with van der Waals surface area (Å²) in [4.78, 5) is 0. The normalized spacial score (nSPS) is 10.3. The Balaban J connectivity index is 2.95. The van der Waals surface area contributed by atoms with Gasteiger partial charge in [-0.3, -0.25) is 10.8 Å². The smallest absolute Gasteiger partial charge is 0.201 e. The van der Waals surface area contributed by atoms with Gasteiger partial charge in [0, 0.05) is 0 Å². The van der Waals surface area contributed by atoms with E-state index in [1.165, 1.54) is 12.1 Å². The highest BCUT2D eigenvalue weighted by Crippen LogP contribution is 2.14. The molecule has 4 N–H and O–H groups in total. The molecule has 0 amide bonds. The van der Waals surface area contributed by atoms with E-state index in [-0.39, 0.29) is 17.8 Å². The first-order valence-electron chi connectivity index (χ1n) is 4.81. The van der Waals surface area contributed by atoms with Gasteiger partial charge in [-0.15, -0.1) is 0 Å². The molecule has 0 aromatic heterocycles. The van der Waals surface area contributed by atoms with Crippen LogP contribution >= 0.6 is 0 Å². The number of nitrogens with two attached hydrogens (primary N) is 1. The fraction of sp³-hybridized carbons (Fsp3) is 0.0909. The van der Waals surface area contributed by atoms with Gasteiger partial charge in [0.15, 0.2) is 5.84 Å². The molecule has 0 aliphatic carbocycles. The molecule has 0 atom stereocenters. The van der Waals surface area contributed by atoms with E-state index in [4.69, 9.17) is 21.7 Å². The van der Waals surface area contributed by atoms with E-state index in [2.05, 4.69) is 10.5 Å². The summed E-state index contributed by atoms with van der Waals surface area (Å²) < 4.78 is 13.2. The van der Waals surface area contributed by atoms with Crippen molar-refractivity contribution in [3.05, 3.63) is 29.6 Å². The molecule has 0 fully saturated rings. The maximum Gasteiger partial charge on any atom is 0.201 e. The van der Waals surface area contributed by atoms with Gasteiger partial charge < -0.3 is 5.73 Å². The second kappa shape index (κ2) is 5.97. The summed E-state index contributed by atoms with van der Waals surface area (Å²) in [5, 5.41) is 27.7. The van der Waals surface area contributed by atoms with Crippen molar-refractivity contribution in [3.63, 3.8) is 0 Å². The highest BCUT2D eigenvalue weighted by molar-refractivity contribution is 6.45. The average molecular weight is 244 g/mol. The molecule has 1 aromatic rings. The molecule has 0 aliphatic rings. The number of hydrogen-bond donors (Lipinski definition) is 3. The number of hydrogen-bond acceptors (Lipinski definition) is 5. The first-order chi connectivity index (χ1) is 8.56. The number of amidine groups is 1. The monoisotopic (exact) mass is 244 g/mol. The van der Waals surface area contributed by atoms with Gasteiger partial charge in [0.05, 0.1) is 18.2 Å². The number of nitriles is 2. The predicted molar refractivity (Wildman–Crippen MR) is 64.3 cm³/mol. The van der Waals surface area contributed by atoms with Crippen LogP contribution < -0.4 is 11.2 Å². The number of hydrazone groups is 1. The molecule has 1 rings (SSSR count). The van der Waals surface area contributed by atoms with E-state index in [9.17, 15) is 4.39 Å². The Morgan fingerprint density at radius 2 is 2.17 bits per heavy atom. The molecule has 0 radical (unpaired) electrons. The Bertz CT molecular complexity index is 578. The number of rotatable bonds is 4. The minimum Gasteiger partial charge on any atom is -0.382 e. The lowest BCUT2D eigenvalue weighted by atomic mass is 10.1. The Hall–Kier alpha value is -2.93. The lowest BCUT2D eigenvalue weighted by molar-refractivity contribution is 0.626. The van der Waals surface area contributed by atoms with Gasteiger partial charge in [-0.05, 0) is 23.8 Å². The van der Waals surface area contributed by atoms with E-state index in [1.807, 2.05) is 6.07 Å². The van der Waals surface area contributed by atoms with Crippen molar-refractivity contribution in [2.24, 2.45) is 10.8 Å². The zero-order valence-electron chi connectivity index (χ0n) is 9.24. The number of benzene rings is 1. The molecule has 0 unspecified atom stereocenters. The minimum atomic E-state index is -0.526. The van der Waals surface area contributed by atoms with E-state index in [1.54, 1.807) is 6.07 Å². The zero-order chi connectivity index (χ0) is 13.5. The van der Waals surface area contributed by atoms with Crippen LogP contribution in [-0.4, -0.2) is 11.5 Å². The van der Waals surface area contributed by atoms with Crippen LogP contribution in [-0.2, 0) is 6.42 Å². The summed E-state index contributed by atoms with van der Waals surface area (Å²) in [5.41, 5.74) is 7.95. The predicted octanol–water partition coefficient (Wildman–Crippen LogP) is 1.12. The highest BCUT2D eigenvalue weighted by Gasteiger charge is 2.03. The number of anilines is 1. The third-order valence-corrected chi connectivity index (χ3v) is 1.90. The SMILES string of the molecule is N#CCc1cc(F)cc(N/N=C(\C#N)C(=N)N)c1. The molecule has 18 heavy (non-hydrogen) atoms. The fourth-order valence-electron chi connectivity index (χ4n) is 1.17. The molecule has 7 heteroatoms. The first kappa shape index (κ1) is 13.1. The lowest BCUT2D eigenvalue weighted by Gasteiger charge is -2.03. The molecule has 0 heterocycles. The molecule has 0 spiro atoms. The van der Waals surface area contributed by atoms with Crippen molar-refractivity contribution in [1.82, 2.24) is 0 Å². The van der Waals surface area contributed by atoms with Gasteiger partial charge >= 0.3 is 0 Å². The average Bonchev–Trinajstić information content (AvgIpc) is 2.29. The Labute approximate surface area is 103 Å². The highest BCUT2D eigenvalue weighted by atomic mass is 19.1. The Morgan fingerprint density at radius 1 is 1.44 bits per heavy atom. The van der Waals surface area contributed by atoms with Crippen LogP contribution in [0.2, 0.25) is 0 Å². The maximum atomic E-state index is 13.2. The largest absolute Gasteiger partial charge is 0.382 e. The molecule has 90 valence electrons.